The Bertz CT molecular complexity index is 909. The molecule has 0 saturated carbocycles. The number of nitrogens with zero attached hydrogens (tertiary/aromatic N) is 2. The summed E-state index contributed by atoms with van der Waals surface area (Å²) in [4.78, 5) is 32.8. The number of quaternary nitrogens is 1. The van der Waals surface area contributed by atoms with Gasteiger partial charge in [-0.2, -0.15) is 0 Å². The van der Waals surface area contributed by atoms with E-state index in [-0.39, 0.29) is 16.9 Å². The van der Waals surface area contributed by atoms with Gasteiger partial charge in [-0.15, -0.1) is 0 Å². The van der Waals surface area contributed by atoms with E-state index < -0.39 is 23.5 Å². The summed E-state index contributed by atoms with van der Waals surface area (Å²) in [7, 11) is 0. The van der Waals surface area contributed by atoms with E-state index in [0.717, 1.165) is 13.1 Å². The van der Waals surface area contributed by atoms with Gasteiger partial charge >= 0.3 is 0 Å². The van der Waals surface area contributed by atoms with Crippen LogP contribution in [0, 0.1) is 5.82 Å². The Morgan fingerprint density at radius 3 is 2.41 bits per heavy atom. The molecule has 0 spiro atoms. The van der Waals surface area contributed by atoms with Crippen molar-refractivity contribution in [2.24, 2.45) is 0 Å². The van der Waals surface area contributed by atoms with E-state index in [2.05, 4.69) is 18.8 Å². The van der Waals surface area contributed by atoms with E-state index in [1.807, 2.05) is 0 Å². The average molecular weight is 398 g/mol. The number of likely N-dealkylation sites (tertiary alicyclic amines) is 1. The van der Waals surface area contributed by atoms with Gasteiger partial charge in [0.1, 0.15) is 17.6 Å². The first-order valence-corrected chi connectivity index (χ1v) is 9.76. The molecule has 2 aromatic rings. The maximum Gasteiger partial charge on any atom is 0.295 e. The van der Waals surface area contributed by atoms with Gasteiger partial charge < -0.3 is 14.9 Å². The topological polar surface area (TPSA) is 74.9 Å². The molecule has 1 amide bonds. The number of carbonyl (C=O) groups excluding carboxylic acids is 2. The molecule has 29 heavy (non-hydrogen) atoms. The molecule has 1 saturated heterocycles. The summed E-state index contributed by atoms with van der Waals surface area (Å²) >= 11 is 0. The monoisotopic (exact) mass is 398 g/mol. The maximum atomic E-state index is 13.3. The molecular weight excluding hydrogens is 373 g/mol. The van der Waals surface area contributed by atoms with Gasteiger partial charge in [0.05, 0.1) is 37.4 Å². The maximum absolute atomic E-state index is 13.3. The molecule has 1 atom stereocenters. The molecule has 6 nitrogen and oxygen atoms in total. The highest BCUT2D eigenvalue weighted by Gasteiger charge is 2.46. The quantitative estimate of drug-likeness (QED) is 0.422. The Morgan fingerprint density at radius 1 is 1.14 bits per heavy atom. The minimum absolute atomic E-state index is 0.0187. The number of ketones is 1. The summed E-state index contributed by atoms with van der Waals surface area (Å²) in [5.74, 6) is -2.19. The number of pyridine rings is 1. The number of amides is 1. The van der Waals surface area contributed by atoms with Crippen molar-refractivity contribution in [3.05, 3.63) is 71.3 Å². The highest BCUT2D eigenvalue weighted by molar-refractivity contribution is 6.46. The molecule has 0 aliphatic carbocycles. The summed E-state index contributed by atoms with van der Waals surface area (Å²) in [6.45, 7) is 6.99. The first-order valence-electron chi connectivity index (χ1n) is 9.76. The van der Waals surface area contributed by atoms with Crippen LogP contribution in [0.2, 0.25) is 0 Å². The van der Waals surface area contributed by atoms with Gasteiger partial charge in [-0.3, -0.25) is 14.6 Å². The van der Waals surface area contributed by atoms with Crippen molar-refractivity contribution in [1.29, 1.82) is 0 Å². The van der Waals surface area contributed by atoms with Crippen molar-refractivity contribution in [3.63, 3.8) is 0 Å². The van der Waals surface area contributed by atoms with Crippen LogP contribution in [-0.2, 0) is 9.59 Å². The molecule has 0 bridgehead atoms. The smallest absolute Gasteiger partial charge is 0.295 e. The first kappa shape index (κ1) is 20.7. The van der Waals surface area contributed by atoms with Crippen LogP contribution >= 0.6 is 0 Å². The number of aromatic nitrogens is 1. The molecule has 1 fully saturated rings. The van der Waals surface area contributed by atoms with E-state index in [1.165, 1.54) is 34.1 Å². The number of aliphatic hydroxyl groups is 1. The van der Waals surface area contributed by atoms with E-state index in [0.29, 0.717) is 18.8 Å². The molecule has 1 aromatic carbocycles. The number of halogens is 1. The molecule has 0 unspecified atom stereocenters. The molecule has 2 heterocycles. The third kappa shape index (κ3) is 4.19. The minimum Gasteiger partial charge on any atom is -0.507 e. The Morgan fingerprint density at radius 2 is 1.83 bits per heavy atom. The number of rotatable bonds is 7. The van der Waals surface area contributed by atoms with E-state index in [1.54, 1.807) is 24.4 Å². The van der Waals surface area contributed by atoms with Crippen molar-refractivity contribution in [3.8, 4) is 0 Å². The van der Waals surface area contributed by atoms with Gasteiger partial charge in [0.2, 0.25) is 0 Å². The summed E-state index contributed by atoms with van der Waals surface area (Å²) < 4.78 is 13.3. The first-order chi connectivity index (χ1) is 14.0. The number of aliphatic hydroxyl groups excluding tert-OH is 1. The van der Waals surface area contributed by atoms with Crippen molar-refractivity contribution in [2.75, 3.05) is 26.2 Å². The summed E-state index contributed by atoms with van der Waals surface area (Å²) in [5, 5.41) is 10.8. The molecule has 1 aromatic heterocycles. The van der Waals surface area contributed by atoms with Crippen LogP contribution in [-0.4, -0.2) is 52.9 Å². The molecule has 0 radical (unpaired) electrons. The van der Waals surface area contributed by atoms with E-state index in [4.69, 9.17) is 0 Å². The highest BCUT2D eigenvalue weighted by atomic mass is 19.1. The average Bonchev–Trinajstić information content (AvgIpc) is 3.00. The van der Waals surface area contributed by atoms with Crippen molar-refractivity contribution in [2.45, 2.75) is 19.9 Å². The van der Waals surface area contributed by atoms with Crippen LogP contribution in [0.5, 0.6) is 0 Å². The molecule has 3 rings (SSSR count). The second-order valence-electron chi connectivity index (χ2n) is 6.96. The van der Waals surface area contributed by atoms with Crippen molar-refractivity contribution >= 4 is 17.4 Å². The lowest BCUT2D eigenvalue weighted by Crippen LogP contribution is -3.12. The van der Waals surface area contributed by atoms with Crippen molar-refractivity contribution in [1.82, 2.24) is 9.88 Å². The van der Waals surface area contributed by atoms with Crippen LogP contribution in [0.4, 0.5) is 4.39 Å². The van der Waals surface area contributed by atoms with Gasteiger partial charge in [-0.05, 0) is 50.2 Å². The number of nitrogens with one attached hydrogen (secondary N) is 1. The van der Waals surface area contributed by atoms with E-state index >= 15 is 0 Å². The molecular formula is C22H25FN3O3+. The second-order valence-corrected chi connectivity index (χ2v) is 6.96. The minimum atomic E-state index is -0.781. The molecule has 152 valence electrons. The Hall–Kier alpha value is -3.06. The summed E-state index contributed by atoms with van der Waals surface area (Å²) in [6, 6.07) is 9.63. The number of hydrogen-bond donors (Lipinski definition) is 2. The SMILES string of the molecule is CC[NH+](CC)CCN1C(=O)C(=O)C(=C(O)c2ccc(F)cc2)[C@@H]1c1ccccn1. The fraction of sp³-hybridized carbons (Fsp3) is 0.318. The number of Topliss-reactive ketones (excluding diaryl/α,β-unsaturated/α-hetero) is 1. The standard InChI is InChI=1S/C22H24FN3O3/c1-3-25(4-2)13-14-26-19(17-7-5-6-12-24-17)18(21(28)22(26)29)20(27)15-8-10-16(23)11-9-15/h5-12,19,27H,3-4,13-14H2,1-2H3/p+1/t19-/m0/s1. The summed E-state index contributed by atoms with van der Waals surface area (Å²) in [6.07, 6.45) is 1.59. The molecule has 1 aliphatic rings. The lowest BCUT2D eigenvalue weighted by atomic mass is 9.98. The van der Waals surface area contributed by atoms with Crippen LogP contribution in [0.1, 0.15) is 31.1 Å². The van der Waals surface area contributed by atoms with Crippen molar-refractivity contribution < 1.29 is 24.0 Å². The Kier molecular flexibility index (Phi) is 6.39. The van der Waals surface area contributed by atoms with Crippen LogP contribution < -0.4 is 4.90 Å². The van der Waals surface area contributed by atoms with Crippen LogP contribution in [0.25, 0.3) is 5.76 Å². The van der Waals surface area contributed by atoms with E-state index in [9.17, 15) is 19.1 Å². The zero-order valence-corrected chi connectivity index (χ0v) is 16.6. The zero-order valence-electron chi connectivity index (χ0n) is 16.6. The van der Waals surface area contributed by atoms with Gasteiger partial charge in [-0.25, -0.2) is 4.39 Å². The molecule has 7 heteroatoms. The normalized spacial score (nSPS) is 18.6. The van der Waals surface area contributed by atoms with Gasteiger partial charge in [0.15, 0.2) is 0 Å². The predicted molar refractivity (Wildman–Crippen MR) is 107 cm³/mol. The Labute approximate surface area is 169 Å². The number of carbonyl (C=O) groups is 2. The third-order valence-electron chi connectivity index (χ3n) is 5.33. The molecule has 2 N–H and O–H groups in total. The third-order valence-corrected chi connectivity index (χ3v) is 5.33. The number of likely N-dealkylation sites (N-methyl/N-ethyl adjacent to an activating group) is 1. The summed E-state index contributed by atoms with van der Waals surface area (Å²) in [5.41, 5.74) is 0.763. The number of hydrogen-bond acceptors (Lipinski definition) is 4. The second kappa shape index (κ2) is 8.96. The Balaban J connectivity index is 2.06. The van der Waals surface area contributed by atoms with Gasteiger partial charge in [0.25, 0.3) is 11.7 Å². The zero-order chi connectivity index (χ0) is 21.0. The van der Waals surface area contributed by atoms with Crippen LogP contribution in [0.15, 0.2) is 54.2 Å². The molecule has 1 aliphatic heterocycles. The van der Waals surface area contributed by atoms with Gasteiger partial charge in [-0.1, -0.05) is 6.07 Å². The fourth-order valence-corrected chi connectivity index (χ4v) is 3.60. The predicted octanol–water partition coefficient (Wildman–Crippen LogP) is 1.57. The fourth-order valence-electron chi connectivity index (χ4n) is 3.60. The number of benzene rings is 1. The van der Waals surface area contributed by atoms with Crippen LogP contribution in [0.3, 0.4) is 0 Å². The van der Waals surface area contributed by atoms with Gasteiger partial charge in [0, 0.05) is 11.8 Å². The lowest BCUT2D eigenvalue weighted by Gasteiger charge is -2.26. The lowest BCUT2D eigenvalue weighted by molar-refractivity contribution is -0.895. The highest BCUT2D eigenvalue weighted by Crippen LogP contribution is 2.38. The largest absolute Gasteiger partial charge is 0.507 e.